The molecule has 0 saturated carbocycles. The van der Waals surface area contributed by atoms with Crippen LogP contribution in [0.2, 0.25) is 0 Å². The first-order valence-corrected chi connectivity index (χ1v) is 7.79. The van der Waals surface area contributed by atoms with Gasteiger partial charge in [0.15, 0.2) is 0 Å². The fourth-order valence-electron chi connectivity index (χ4n) is 2.01. The second-order valence-electron chi connectivity index (χ2n) is 4.28. The van der Waals surface area contributed by atoms with E-state index in [1.807, 2.05) is 0 Å². The molecular weight excluding hydrogens is 274 g/mol. The average Bonchev–Trinajstić information content (AvgIpc) is 2.86. The maximum atomic E-state index is 12.1. The lowest BCUT2D eigenvalue weighted by Gasteiger charge is -2.15. The standard InChI is InChI=1S/C11H16ClN3O2S/c12-14-13-11-5-3-10(4-6-11)9-18(16,17)15-7-1-2-8-15/h3-6,13-14H,1-2,7-9H2. The van der Waals surface area contributed by atoms with Crippen LogP contribution in [0.25, 0.3) is 0 Å². The van der Waals surface area contributed by atoms with Crippen LogP contribution in [0.4, 0.5) is 5.69 Å². The van der Waals surface area contributed by atoms with Crippen LogP contribution in [0.3, 0.4) is 0 Å². The van der Waals surface area contributed by atoms with Gasteiger partial charge >= 0.3 is 0 Å². The SMILES string of the molecule is O=S(=O)(Cc1ccc(NNCl)cc1)N1CCCC1. The summed E-state index contributed by atoms with van der Waals surface area (Å²) >= 11 is 5.30. The average molecular weight is 290 g/mol. The van der Waals surface area contributed by atoms with Crippen LogP contribution in [0.15, 0.2) is 24.3 Å². The van der Waals surface area contributed by atoms with Gasteiger partial charge in [0.25, 0.3) is 0 Å². The van der Waals surface area contributed by atoms with Crippen LogP contribution in [-0.2, 0) is 15.8 Å². The predicted molar refractivity (Wildman–Crippen MR) is 72.5 cm³/mol. The first-order chi connectivity index (χ1) is 8.62. The molecule has 1 aromatic carbocycles. The molecule has 0 radical (unpaired) electrons. The highest BCUT2D eigenvalue weighted by Crippen LogP contribution is 2.18. The van der Waals surface area contributed by atoms with Crippen LogP contribution in [0.1, 0.15) is 18.4 Å². The van der Waals surface area contributed by atoms with E-state index >= 15 is 0 Å². The Morgan fingerprint density at radius 3 is 2.33 bits per heavy atom. The summed E-state index contributed by atoms with van der Waals surface area (Å²) in [5.74, 6) is 0.0571. The second-order valence-corrected chi connectivity index (χ2v) is 6.44. The molecule has 0 aliphatic carbocycles. The summed E-state index contributed by atoms with van der Waals surface area (Å²) in [5, 5.41) is 0. The third kappa shape index (κ3) is 3.35. The zero-order chi connectivity index (χ0) is 13.0. The molecule has 18 heavy (non-hydrogen) atoms. The Hall–Kier alpha value is -0.820. The van der Waals surface area contributed by atoms with Crippen molar-refractivity contribution in [2.24, 2.45) is 0 Å². The minimum Gasteiger partial charge on any atom is -0.308 e. The molecule has 0 atom stereocenters. The Labute approximate surface area is 112 Å². The monoisotopic (exact) mass is 289 g/mol. The van der Waals surface area contributed by atoms with E-state index in [1.165, 1.54) is 0 Å². The summed E-state index contributed by atoms with van der Waals surface area (Å²) in [5.41, 5.74) is 4.27. The van der Waals surface area contributed by atoms with Gasteiger partial charge in [0.2, 0.25) is 10.0 Å². The lowest BCUT2D eigenvalue weighted by atomic mass is 10.2. The van der Waals surface area contributed by atoms with Crippen molar-refractivity contribution < 1.29 is 8.42 Å². The molecule has 1 aliphatic heterocycles. The number of sulfonamides is 1. The molecule has 0 aromatic heterocycles. The first-order valence-electron chi connectivity index (χ1n) is 5.80. The molecule has 0 bridgehead atoms. The lowest BCUT2D eigenvalue weighted by Crippen LogP contribution is -2.29. The van der Waals surface area contributed by atoms with Gasteiger partial charge < -0.3 is 5.43 Å². The predicted octanol–water partition coefficient (Wildman–Crippen LogP) is 1.68. The molecule has 7 heteroatoms. The van der Waals surface area contributed by atoms with Gasteiger partial charge in [-0.3, -0.25) is 0 Å². The molecular formula is C11H16ClN3O2S. The van der Waals surface area contributed by atoms with Gasteiger partial charge in [-0.25, -0.2) is 12.7 Å². The molecule has 1 heterocycles. The van der Waals surface area contributed by atoms with Gasteiger partial charge in [0, 0.05) is 18.8 Å². The summed E-state index contributed by atoms with van der Waals surface area (Å²) in [7, 11) is -3.17. The Balaban J connectivity index is 2.04. The molecule has 1 aliphatic rings. The van der Waals surface area contributed by atoms with Crippen molar-refractivity contribution in [3.8, 4) is 0 Å². The van der Waals surface area contributed by atoms with Gasteiger partial charge in [-0.15, -0.1) is 4.94 Å². The highest BCUT2D eigenvalue weighted by molar-refractivity contribution is 7.88. The van der Waals surface area contributed by atoms with E-state index in [4.69, 9.17) is 11.8 Å². The molecule has 0 unspecified atom stereocenters. The number of nitrogens with one attached hydrogen (secondary N) is 2. The minimum atomic E-state index is -3.17. The fourth-order valence-corrected chi connectivity index (χ4v) is 3.73. The number of hydrogen-bond donors (Lipinski definition) is 2. The van der Waals surface area contributed by atoms with Crippen molar-refractivity contribution in [3.63, 3.8) is 0 Å². The van der Waals surface area contributed by atoms with Crippen molar-refractivity contribution in [3.05, 3.63) is 29.8 Å². The topological polar surface area (TPSA) is 61.4 Å². The van der Waals surface area contributed by atoms with E-state index in [1.54, 1.807) is 28.6 Å². The van der Waals surface area contributed by atoms with Gasteiger partial charge in [-0.05, 0) is 42.3 Å². The highest BCUT2D eigenvalue weighted by Gasteiger charge is 2.25. The summed E-state index contributed by atoms with van der Waals surface area (Å²) in [6.07, 6.45) is 1.92. The van der Waals surface area contributed by atoms with Crippen LogP contribution in [0.5, 0.6) is 0 Å². The van der Waals surface area contributed by atoms with Crippen LogP contribution in [-0.4, -0.2) is 25.8 Å². The summed E-state index contributed by atoms with van der Waals surface area (Å²) < 4.78 is 25.7. The van der Waals surface area contributed by atoms with Crippen molar-refractivity contribution in [1.82, 2.24) is 9.25 Å². The molecule has 0 spiro atoms. The van der Waals surface area contributed by atoms with Crippen molar-refractivity contribution in [2.45, 2.75) is 18.6 Å². The van der Waals surface area contributed by atoms with E-state index < -0.39 is 10.0 Å². The molecule has 2 N–H and O–H groups in total. The van der Waals surface area contributed by atoms with Crippen LogP contribution < -0.4 is 10.4 Å². The number of hydrazine groups is 1. The molecule has 5 nitrogen and oxygen atoms in total. The normalized spacial score (nSPS) is 16.9. The fraction of sp³-hybridized carbons (Fsp3) is 0.455. The summed E-state index contributed by atoms with van der Waals surface area (Å²) in [6.45, 7) is 1.30. The molecule has 1 aromatic rings. The molecule has 0 amide bonds. The Morgan fingerprint density at radius 1 is 1.17 bits per heavy atom. The van der Waals surface area contributed by atoms with E-state index in [0.717, 1.165) is 24.1 Å². The van der Waals surface area contributed by atoms with Crippen LogP contribution >= 0.6 is 11.8 Å². The Morgan fingerprint density at radius 2 is 1.78 bits per heavy atom. The Kier molecular flexibility index (Phi) is 4.45. The number of benzene rings is 1. The molecule has 1 fully saturated rings. The first kappa shape index (κ1) is 13.6. The Bertz CT molecular complexity index is 484. The number of nitrogens with zero attached hydrogens (tertiary/aromatic N) is 1. The van der Waals surface area contributed by atoms with Gasteiger partial charge in [-0.2, -0.15) is 0 Å². The van der Waals surface area contributed by atoms with Gasteiger partial charge in [0.1, 0.15) is 0 Å². The van der Waals surface area contributed by atoms with E-state index in [9.17, 15) is 8.42 Å². The van der Waals surface area contributed by atoms with E-state index in [-0.39, 0.29) is 5.75 Å². The number of hydrogen-bond acceptors (Lipinski definition) is 4. The third-order valence-electron chi connectivity index (χ3n) is 2.95. The zero-order valence-corrected chi connectivity index (χ0v) is 11.5. The summed E-state index contributed by atoms with van der Waals surface area (Å²) in [4.78, 5) is 2.29. The van der Waals surface area contributed by atoms with E-state index in [0.29, 0.717) is 13.1 Å². The van der Waals surface area contributed by atoms with Crippen molar-refractivity contribution >= 4 is 27.5 Å². The maximum Gasteiger partial charge on any atom is 0.218 e. The quantitative estimate of drug-likeness (QED) is 0.640. The highest BCUT2D eigenvalue weighted by atomic mass is 35.5. The smallest absolute Gasteiger partial charge is 0.218 e. The number of rotatable bonds is 5. The third-order valence-corrected chi connectivity index (χ3v) is 4.90. The minimum absolute atomic E-state index is 0.0571. The molecule has 100 valence electrons. The largest absolute Gasteiger partial charge is 0.308 e. The molecule has 1 saturated heterocycles. The van der Waals surface area contributed by atoms with E-state index in [2.05, 4.69) is 10.4 Å². The van der Waals surface area contributed by atoms with Gasteiger partial charge in [-0.1, -0.05) is 12.1 Å². The zero-order valence-electron chi connectivity index (χ0n) is 9.89. The second kappa shape index (κ2) is 5.88. The maximum absolute atomic E-state index is 12.1. The molecule has 2 rings (SSSR count). The van der Waals surface area contributed by atoms with Crippen LogP contribution in [0, 0.1) is 0 Å². The lowest BCUT2D eigenvalue weighted by molar-refractivity contribution is 0.476. The number of halogens is 1. The van der Waals surface area contributed by atoms with Crippen molar-refractivity contribution in [2.75, 3.05) is 18.5 Å². The summed E-state index contributed by atoms with van der Waals surface area (Å²) in [6, 6.07) is 7.13. The number of anilines is 1. The van der Waals surface area contributed by atoms with Crippen molar-refractivity contribution in [1.29, 1.82) is 0 Å². The van der Waals surface area contributed by atoms with Gasteiger partial charge in [0.05, 0.1) is 5.75 Å².